The fraction of sp³-hybridized carbons (Fsp3) is 0.375. The van der Waals surface area contributed by atoms with E-state index in [4.69, 9.17) is 23.2 Å². The Morgan fingerprint density at radius 1 is 1.36 bits per heavy atom. The zero-order valence-electron chi connectivity index (χ0n) is 6.91. The van der Waals surface area contributed by atoms with Crippen molar-refractivity contribution in [1.29, 1.82) is 0 Å². The van der Waals surface area contributed by atoms with E-state index in [2.05, 4.69) is 4.98 Å². The Morgan fingerprint density at radius 2 is 2.00 bits per heavy atom. The van der Waals surface area contributed by atoms with Crippen LogP contribution in [0.3, 0.4) is 0 Å². The maximum atomic E-state index is 12.2. The van der Waals surface area contributed by atoms with Crippen molar-refractivity contribution in [2.75, 3.05) is 5.88 Å². The summed E-state index contributed by atoms with van der Waals surface area (Å²) in [6.07, 6.45) is -3.29. The van der Waals surface area contributed by atoms with Crippen molar-refractivity contribution in [3.05, 3.63) is 28.5 Å². The van der Waals surface area contributed by atoms with Crippen LogP contribution < -0.4 is 0 Å². The van der Waals surface area contributed by atoms with Crippen LogP contribution in [0.2, 0.25) is 5.02 Å². The van der Waals surface area contributed by atoms with Gasteiger partial charge in [-0.05, 0) is 6.07 Å². The summed E-state index contributed by atoms with van der Waals surface area (Å²) in [4.78, 5) is 3.60. The van der Waals surface area contributed by atoms with Crippen molar-refractivity contribution >= 4 is 23.2 Å². The highest BCUT2D eigenvalue weighted by Crippen LogP contribution is 2.31. The third-order valence-electron chi connectivity index (χ3n) is 1.58. The molecule has 1 aromatic heterocycles. The molecule has 0 radical (unpaired) electrons. The number of aryl methyl sites for hydroxylation is 1. The van der Waals surface area contributed by atoms with Gasteiger partial charge in [0, 0.05) is 18.5 Å². The van der Waals surface area contributed by atoms with E-state index in [1.54, 1.807) is 0 Å². The normalized spacial score (nSPS) is 11.8. The Morgan fingerprint density at radius 3 is 2.43 bits per heavy atom. The Labute approximate surface area is 88.8 Å². The van der Waals surface area contributed by atoms with Gasteiger partial charge in [0.2, 0.25) is 0 Å². The molecule has 1 rings (SSSR count). The van der Waals surface area contributed by atoms with E-state index in [9.17, 15) is 13.2 Å². The predicted octanol–water partition coefficient (Wildman–Crippen LogP) is 3.54. The van der Waals surface area contributed by atoms with E-state index >= 15 is 0 Å². The summed E-state index contributed by atoms with van der Waals surface area (Å²) in [6, 6.07) is 0.858. The quantitative estimate of drug-likeness (QED) is 0.725. The van der Waals surface area contributed by atoms with Gasteiger partial charge >= 0.3 is 6.18 Å². The van der Waals surface area contributed by atoms with Gasteiger partial charge in [0.1, 0.15) is 0 Å². The summed E-state index contributed by atoms with van der Waals surface area (Å²) in [6.45, 7) is 0. The summed E-state index contributed by atoms with van der Waals surface area (Å²) < 4.78 is 36.5. The molecule has 0 aromatic carbocycles. The second-order valence-corrected chi connectivity index (χ2v) is 3.37. The first-order valence-electron chi connectivity index (χ1n) is 3.72. The maximum absolute atomic E-state index is 12.2. The maximum Gasteiger partial charge on any atom is 0.417 e. The Kier molecular flexibility index (Phi) is 3.61. The SMILES string of the molecule is FC(F)(F)c1cnc(CCCl)c(Cl)c1. The number of aromatic nitrogens is 1. The molecule has 0 saturated carbocycles. The van der Waals surface area contributed by atoms with Gasteiger partial charge in [-0.1, -0.05) is 11.6 Å². The minimum atomic E-state index is -4.41. The number of hydrogen-bond donors (Lipinski definition) is 0. The van der Waals surface area contributed by atoms with Crippen LogP contribution in [-0.4, -0.2) is 10.9 Å². The Hall–Kier alpha value is -0.480. The monoisotopic (exact) mass is 243 g/mol. The lowest BCUT2D eigenvalue weighted by atomic mass is 10.2. The summed E-state index contributed by atoms with van der Waals surface area (Å²) >= 11 is 11.0. The molecule has 1 nitrogen and oxygen atoms in total. The minimum Gasteiger partial charge on any atom is -0.259 e. The molecule has 1 aromatic rings. The average molecular weight is 244 g/mol. The molecule has 6 heteroatoms. The van der Waals surface area contributed by atoms with Crippen molar-refractivity contribution in [3.8, 4) is 0 Å². The zero-order valence-corrected chi connectivity index (χ0v) is 8.42. The van der Waals surface area contributed by atoms with E-state index in [0.29, 0.717) is 12.1 Å². The molecule has 1 heterocycles. The van der Waals surface area contributed by atoms with Crippen molar-refractivity contribution in [2.45, 2.75) is 12.6 Å². The first-order valence-corrected chi connectivity index (χ1v) is 4.64. The molecule has 14 heavy (non-hydrogen) atoms. The molecule has 0 fully saturated rings. The molecule has 0 saturated heterocycles. The molecule has 0 aliphatic heterocycles. The predicted molar refractivity (Wildman–Crippen MR) is 48.7 cm³/mol. The van der Waals surface area contributed by atoms with Gasteiger partial charge < -0.3 is 0 Å². The number of halogens is 5. The lowest BCUT2D eigenvalue weighted by Crippen LogP contribution is -2.06. The van der Waals surface area contributed by atoms with Crippen LogP contribution in [0.4, 0.5) is 13.2 Å². The van der Waals surface area contributed by atoms with E-state index in [0.717, 1.165) is 12.3 Å². The van der Waals surface area contributed by atoms with Gasteiger partial charge in [-0.15, -0.1) is 11.6 Å². The highest BCUT2D eigenvalue weighted by molar-refractivity contribution is 6.31. The molecule has 0 amide bonds. The first-order chi connectivity index (χ1) is 6.45. The van der Waals surface area contributed by atoms with Crippen LogP contribution >= 0.6 is 23.2 Å². The molecular formula is C8H6Cl2F3N. The van der Waals surface area contributed by atoms with E-state index in [-0.39, 0.29) is 10.9 Å². The van der Waals surface area contributed by atoms with Gasteiger partial charge in [0.25, 0.3) is 0 Å². The van der Waals surface area contributed by atoms with Crippen LogP contribution in [0.5, 0.6) is 0 Å². The fourth-order valence-electron chi connectivity index (χ4n) is 0.895. The highest BCUT2D eigenvalue weighted by Gasteiger charge is 2.31. The van der Waals surface area contributed by atoms with E-state index < -0.39 is 11.7 Å². The van der Waals surface area contributed by atoms with Gasteiger partial charge in [-0.25, -0.2) is 0 Å². The molecule has 0 spiro atoms. The molecule has 0 atom stereocenters. The summed E-state index contributed by atoms with van der Waals surface area (Å²) in [7, 11) is 0. The van der Waals surface area contributed by atoms with Gasteiger partial charge in [0.15, 0.2) is 0 Å². The van der Waals surface area contributed by atoms with Crippen molar-refractivity contribution in [3.63, 3.8) is 0 Å². The number of rotatable bonds is 2. The number of alkyl halides is 4. The third kappa shape index (κ3) is 2.75. The Balaban J connectivity index is 3.01. The molecular weight excluding hydrogens is 238 g/mol. The lowest BCUT2D eigenvalue weighted by Gasteiger charge is -2.07. The van der Waals surface area contributed by atoms with Crippen LogP contribution in [0.15, 0.2) is 12.3 Å². The number of nitrogens with zero attached hydrogens (tertiary/aromatic N) is 1. The summed E-state index contributed by atoms with van der Waals surface area (Å²) in [5, 5.41) is 0.000440. The van der Waals surface area contributed by atoms with Crippen molar-refractivity contribution in [1.82, 2.24) is 4.98 Å². The third-order valence-corrected chi connectivity index (χ3v) is 2.09. The minimum absolute atomic E-state index is 0.000440. The Bertz CT molecular complexity index is 325. The molecule has 0 aliphatic carbocycles. The van der Waals surface area contributed by atoms with Crippen molar-refractivity contribution < 1.29 is 13.2 Å². The van der Waals surface area contributed by atoms with Gasteiger partial charge in [-0.2, -0.15) is 13.2 Å². The molecule has 0 unspecified atom stereocenters. The van der Waals surface area contributed by atoms with Crippen LogP contribution in [0, 0.1) is 0 Å². The number of pyridine rings is 1. The number of hydrogen-bond acceptors (Lipinski definition) is 1. The van der Waals surface area contributed by atoms with Gasteiger partial charge in [-0.3, -0.25) is 4.98 Å². The topological polar surface area (TPSA) is 12.9 Å². The van der Waals surface area contributed by atoms with Crippen LogP contribution in [0.25, 0.3) is 0 Å². The van der Waals surface area contributed by atoms with Crippen LogP contribution in [-0.2, 0) is 12.6 Å². The standard InChI is InChI=1S/C8H6Cl2F3N/c9-2-1-7-6(10)3-5(4-14-7)8(11,12)13/h3-4H,1-2H2. The van der Waals surface area contributed by atoms with E-state index in [1.165, 1.54) is 0 Å². The lowest BCUT2D eigenvalue weighted by molar-refractivity contribution is -0.137. The molecule has 0 N–H and O–H groups in total. The fourth-order valence-corrected chi connectivity index (χ4v) is 1.33. The smallest absolute Gasteiger partial charge is 0.259 e. The second kappa shape index (κ2) is 4.36. The molecule has 0 bridgehead atoms. The van der Waals surface area contributed by atoms with Crippen LogP contribution in [0.1, 0.15) is 11.3 Å². The summed E-state index contributed by atoms with van der Waals surface area (Å²) in [5.41, 5.74) is -0.463. The molecule has 78 valence electrons. The van der Waals surface area contributed by atoms with Gasteiger partial charge in [0.05, 0.1) is 16.3 Å². The second-order valence-electron chi connectivity index (χ2n) is 2.59. The highest BCUT2D eigenvalue weighted by atomic mass is 35.5. The summed E-state index contributed by atoms with van der Waals surface area (Å²) in [5.74, 6) is 0.276. The average Bonchev–Trinajstić information content (AvgIpc) is 2.07. The largest absolute Gasteiger partial charge is 0.417 e. The first kappa shape index (κ1) is 11.6. The molecule has 0 aliphatic rings. The zero-order chi connectivity index (χ0) is 10.8. The van der Waals surface area contributed by atoms with E-state index in [1.807, 2.05) is 0 Å². The van der Waals surface area contributed by atoms with Crippen molar-refractivity contribution in [2.24, 2.45) is 0 Å².